The zero-order valence-corrected chi connectivity index (χ0v) is 11.1. The van der Waals surface area contributed by atoms with Crippen LogP contribution in [-0.2, 0) is 11.3 Å². The zero-order chi connectivity index (χ0) is 13.7. The van der Waals surface area contributed by atoms with Gasteiger partial charge in [-0.25, -0.2) is 0 Å². The summed E-state index contributed by atoms with van der Waals surface area (Å²) in [5.41, 5.74) is 6.50. The summed E-state index contributed by atoms with van der Waals surface area (Å²) in [7, 11) is 0. The van der Waals surface area contributed by atoms with E-state index in [1.165, 1.54) is 0 Å². The van der Waals surface area contributed by atoms with Crippen molar-refractivity contribution in [3.63, 3.8) is 0 Å². The average molecular weight is 263 g/mol. The minimum atomic E-state index is 0.152. The molecule has 1 aliphatic rings. The summed E-state index contributed by atoms with van der Waals surface area (Å²) in [4.78, 5) is 15.9. The predicted molar refractivity (Wildman–Crippen MR) is 73.6 cm³/mol. The van der Waals surface area contributed by atoms with E-state index in [0.29, 0.717) is 18.7 Å². The minimum Gasteiger partial charge on any atom is -0.508 e. The molecule has 1 aliphatic heterocycles. The number of amides is 1. The molecule has 0 aliphatic carbocycles. The maximum atomic E-state index is 11.7. The van der Waals surface area contributed by atoms with Crippen LogP contribution >= 0.6 is 0 Å². The summed E-state index contributed by atoms with van der Waals surface area (Å²) in [5, 5.41) is 9.43. The van der Waals surface area contributed by atoms with E-state index >= 15 is 0 Å². The van der Waals surface area contributed by atoms with Crippen LogP contribution in [0, 0.1) is 0 Å². The zero-order valence-electron chi connectivity index (χ0n) is 11.1. The van der Waals surface area contributed by atoms with E-state index in [4.69, 9.17) is 5.73 Å². The molecular weight excluding hydrogens is 242 g/mol. The second kappa shape index (κ2) is 6.54. The number of rotatable bonds is 4. The van der Waals surface area contributed by atoms with Crippen LogP contribution in [0.15, 0.2) is 24.3 Å². The molecule has 0 atom stereocenters. The molecule has 1 amide bonds. The molecular formula is C14H21N3O2. The Morgan fingerprint density at radius 2 is 2.00 bits per heavy atom. The number of carbonyl (C=O) groups excluding carboxylic acids is 1. The van der Waals surface area contributed by atoms with Gasteiger partial charge in [-0.15, -0.1) is 0 Å². The Hall–Kier alpha value is -1.59. The molecule has 1 saturated heterocycles. The molecule has 0 spiro atoms. The summed E-state index contributed by atoms with van der Waals surface area (Å²) < 4.78 is 0. The van der Waals surface area contributed by atoms with E-state index in [-0.39, 0.29) is 5.91 Å². The Morgan fingerprint density at radius 1 is 1.26 bits per heavy atom. The number of piperazine rings is 1. The van der Waals surface area contributed by atoms with E-state index in [2.05, 4.69) is 4.90 Å². The number of phenolic OH excluding ortho intramolecular Hbond substituents is 1. The van der Waals surface area contributed by atoms with Gasteiger partial charge in [0.1, 0.15) is 5.75 Å². The lowest BCUT2D eigenvalue weighted by atomic mass is 10.2. The van der Waals surface area contributed by atoms with Crippen LogP contribution in [0.3, 0.4) is 0 Å². The molecule has 0 saturated carbocycles. The van der Waals surface area contributed by atoms with Crippen molar-refractivity contribution in [2.75, 3.05) is 32.7 Å². The third kappa shape index (κ3) is 3.94. The minimum absolute atomic E-state index is 0.152. The highest BCUT2D eigenvalue weighted by Crippen LogP contribution is 2.14. The Balaban J connectivity index is 1.82. The van der Waals surface area contributed by atoms with Crippen LogP contribution in [0.25, 0.3) is 0 Å². The van der Waals surface area contributed by atoms with E-state index in [9.17, 15) is 9.90 Å². The number of carbonyl (C=O) groups is 1. The molecule has 3 N–H and O–H groups in total. The van der Waals surface area contributed by atoms with Crippen molar-refractivity contribution >= 4 is 5.91 Å². The topological polar surface area (TPSA) is 69.8 Å². The molecule has 5 nitrogen and oxygen atoms in total. The first-order valence-electron chi connectivity index (χ1n) is 6.67. The van der Waals surface area contributed by atoms with Gasteiger partial charge in [-0.1, -0.05) is 12.1 Å². The maximum absolute atomic E-state index is 11.7. The normalized spacial score (nSPS) is 16.6. The number of benzene rings is 1. The van der Waals surface area contributed by atoms with Crippen molar-refractivity contribution in [3.8, 4) is 5.75 Å². The van der Waals surface area contributed by atoms with Crippen LogP contribution in [0.1, 0.15) is 12.0 Å². The smallest absolute Gasteiger partial charge is 0.223 e. The second-order valence-corrected chi connectivity index (χ2v) is 4.87. The molecule has 0 bridgehead atoms. The van der Waals surface area contributed by atoms with E-state index in [0.717, 1.165) is 38.3 Å². The maximum Gasteiger partial charge on any atom is 0.223 e. The molecule has 0 radical (unpaired) electrons. The van der Waals surface area contributed by atoms with Gasteiger partial charge in [-0.2, -0.15) is 0 Å². The van der Waals surface area contributed by atoms with Crippen molar-refractivity contribution in [3.05, 3.63) is 29.8 Å². The third-order valence-electron chi connectivity index (χ3n) is 3.40. The van der Waals surface area contributed by atoms with Crippen LogP contribution in [0.4, 0.5) is 0 Å². The molecule has 5 heteroatoms. The Labute approximate surface area is 113 Å². The summed E-state index contributed by atoms with van der Waals surface area (Å²) in [6, 6.07) is 7.32. The number of phenols is 1. The van der Waals surface area contributed by atoms with Crippen LogP contribution in [0.2, 0.25) is 0 Å². The fourth-order valence-corrected chi connectivity index (χ4v) is 2.35. The van der Waals surface area contributed by atoms with Gasteiger partial charge in [-0.3, -0.25) is 9.69 Å². The number of nitrogens with two attached hydrogens (primary N) is 1. The SMILES string of the molecule is NCCC(=O)N1CCN(Cc2cccc(O)c2)CC1. The molecule has 104 valence electrons. The molecule has 2 rings (SSSR count). The number of hydrogen-bond donors (Lipinski definition) is 2. The molecule has 0 aromatic heterocycles. The van der Waals surface area contributed by atoms with Gasteiger partial charge in [0.2, 0.25) is 5.91 Å². The lowest BCUT2D eigenvalue weighted by molar-refractivity contribution is -0.132. The van der Waals surface area contributed by atoms with Gasteiger partial charge in [0.05, 0.1) is 0 Å². The van der Waals surface area contributed by atoms with Crippen molar-refractivity contribution in [1.82, 2.24) is 9.80 Å². The standard InChI is InChI=1S/C14H21N3O2/c15-5-4-14(19)17-8-6-16(7-9-17)11-12-2-1-3-13(18)10-12/h1-3,10,18H,4-9,11,15H2. The van der Waals surface area contributed by atoms with Gasteiger partial charge >= 0.3 is 0 Å². The fourth-order valence-electron chi connectivity index (χ4n) is 2.35. The van der Waals surface area contributed by atoms with Crippen LogP contribution < -0.4 is 5.73 Å². The fraction of sp³-hybridized carbons (Fsp3) is 0.500. The van der Waals surface area contributed by atoms with Crippen LogP contribution in [-0.4, -0.2) is 53.5 Å². The average Bonchev–Trinajstić information content (AvgIpc) is 2.40. The van der Waals surface area contributed by atoms with Crippen molar-refractivity contribution < 1.29 is 9.90 Å². The van der Waals surface area contributed by atoms with Crippen molar-refractivity contribution in [1.29, 1.82) is 0 Å². The quantitative estimate of drug-likeness (QED) is 0.824. The van der Waals surface area contributed by atoms with Gasteiger partial charge in [0, 0.05) is 45.7 Å². The molecule has 1 aromatic carbocycles. The first-order chi connectivity index (χ1) is 9.19. The third-order valence-corrected chi connectivity index (χ3v) is 3.40. The van der Waals surface area contributed by atoms with Crippen LogP contribution in [0.5, 0.6) is 5.75 Å². The number of aromatic hydroxyl groups is 1. The van der Waals surface area contributed by atoms with Gasteiger partial charge in [0.15, 0.2) is 0 Å². The van der Waals surface area contributed by atoms with Gasteiger partial charge in [-0.05, 0) is 17.7 Å². The monoisotopic (exact) mass is 263 g/mol. The summed E-state index contributed by atoms with van der Waals surface area (Å²) in [6.07, 6.45) is 0.437. The van der Waals surface area contributed by atoms with E-state index < -0.39 is 0 Å². The summed E-state index contributed by atoms with van der Waals surface area (Å²) >= 11 is 0. The van der Waals surface area contributed by atoms with E-state index in [1.807, 2.05) is 17.0 Å². The number of nitrogens with zero attached hydrogens (tertiary/aromatic N) is 2. The predicted octanol–water partition coefficient (Wildman–Crippen LogP) is 0.385. The molecule has 1 heterocycles. The first kappa shape index (κ1) is 13.8. The molecule has 1 fully saturated rings. The van der Waals surface area contributed by atoms with Crippen molar-refractivity contribution in [2.45, 2.75) is 13.0 Å². The Morgan fingerprint density at radius 3 is 2.63 bits per heavy atom. The van der Waals surface area contributed by atoms with Gasteiger partial charge in [0.25, 0.3) is 0 Å². The number of hydrogen-bond acceptors (Lipinski definition) is 4. The van der Waals surface area contributed by atoms with Crippen molar-refractivity contribution in [2.24, 2.45) is 5.73 Å². The Bertz CT molecular complexity index is 428. The molecule has 1 aromatic rings. The summed E-state index contributed by atoms with van der Waals surface area (Å²) in [5.74, 6) is 0.453. The molecule has 19 heavy (non-hydrogen) atoms. The summed E-state index contributed by atoms with van der Waals surface area (Å²) in [6.45, 7) is 4.49. The largest absolute Gasteiger partial charge is 0.508 e. The van der Waals surface area contributed by atoms with E-state index in [1.54, 1.807) is 12.1 Å². The first-order valence-corrected chi connectivity index (χ1v) is 6.67. The highest BCUT2D eigenvalue weighted by molar-refractivity contribution is 5.76. The second-order valence-electron chi connectivity index (χ2n) is 4.87. The lowest BCUT2D eigenvalue weighted by Crippen LogP contribution is -2.48. The highest BCUT2D eigenvalue weighted by atomic mass is 16.3. The highest BCUT2D eigenvalue weighted by Gasteiger charge is 2.20. The van der Waals surface area contributed by atoms with Gasteiger partial charge < -0.3 is 15.7 Å². The molecule has 0 unspecified atom stereocenters. The lowest BCUT2D eigenvalue weighted by Gasteiger charge is -2.34. The Kier molecular flexibility index (Phi) is 4.76.